The van der Waals surface area contributed by atoms with E-state index in [9.17, 15) is 9.59 Å². The average Bonchev–Trinajstić information content (AvgIpc) is 2.75. The van der Waals surface area contributed by atoms with Gasteiger partial charge in [0.2, 0.25) is 0 Å². The van der Waals surface area contributed by atoms with Crippen LogP contribution >= 0.6 is 0 Å². The van der Waals surface area contributed by atoms with Gasteiger partial charge in [0.25, 0.3) is 0 Å². The summed E-state index contributed by atoms with van der Waals surface area (Å²) in [6, 6.07) is -1.14. The fraction of sp³-hybridized carbons (Fsp3) is 0.833. The summed E-state index contributed by atoms with van der Waals surface area (Å²) in [4.78, 5) is 24.5. The number of nitrogens with zero attached hydrogens (tertiary/aromatic N) is 1. The summed E-state index contributed by atoms with van der Waals surface area (Å²) >= 11 is 0. The smallest absolute Gasteiger partial charge is 0.326 e. The lowest BCUT2D eigenvalue weighted by atomic mass is 10.0. The van der Waals surface area contributed by atoms with Gasteiger partial charge in [-0.3, -0.25) is 0 Å². The Morgan fingerprint density at radius 2 is 2.17 bits per heavy atom. The van der Waals surface area contributed by atoms with Crippen LogP contribution in [0.25, 0.3) is 0 Å². The zero-order chi connectivity index (χ0) is 13.7. The predicted octanol–water partition coefficient (Wildman–Crippen LogP) is 0.916. The Bertz CT molecular complexity index is 306. The number of hydrogen-bond donors (Lipinski definition) is 2. The molecule has 18 heavy (non-hydrogen) atoms. The summed E-state index contributed by atoms with van der Waals surface area (Å²) in [5.74, 6) is -0.767. The van der Waals surface area contributed by atoms with Crippen LogP contribution in [0, 0.1) is 5.92 Å². The van der Waals surface area contributed by atoms with Crippen molar-refractivity contribution < 1.29 is 19.4 Å². The van der Waals surface area contributed by atoms with Crippen molar-refractivity contribution in [2.75, 3.05) is 20.2 Å². The van der Waals surface area contributed by atoms with Crippen molar-refractivity contribution in [3.63, 3.8) is 0 Å². The minimum Gasteiger partial charge on any atom is -0.480 e. The van der Waals surface area contributed by atoms with E-state index >= 15 is 0 Å². The molecule has 0 bridgehead atoms. The van der Waals surface area contributed by atoms with Gasteiger partial charge in [-0.15, -0.1) is 0 Å². The van der Waals surface area contributed by atoms with Crippen LogP contribution in [0.4, 0.5) is 4.79 Å². The monoisotopic (exact) mass is 258 g/mol. The van der Waals surface area contributed by atoms with Gasteiger partial charge in [-0.05, 0) is 18.8 Å². The maximum atomic E-state index is 11.9. The van der Waals surface area contributed by atoms with E-state index in [1.807, 2.05) is 13.8 Å². The Hall–Kier alpha value is -1.30. The average molecular weight is 258 g/mol. The molecule has 2 atom stereocenters. The van der Waals surface area contributed by atoms with Gasteiger partial charge >= 0.3 is 12.0 Å². The predicted molar refractivity (Wildman–Crippen MR) is 66.4 cm³/mol. The van der Waals surface area contributed by atoms with Crippen LogP contribution in [0.2, 0.25) is 0 Å². The van der Waals surface area contributed by atoms with Crippen molar-refractivity contribution in [2.45, 2.75) is 38.8 Å². The van der Waals surface area contributed by atoms with E-state index in [1.54, 1.807) is 12.0 Å². The molecule has 0 aromatic rings. The molecule has 1 rings (SSSR count). The largest absolute Gasteiger partial charge is 0.480 e. The molecule has 6 heteroatoms. The van der Waals surface area contributed by atoms with Crippen LogP contribution < -0.4 is 5.32 Å². The fourth-order valence-electron chi connectivity index (χ4n) is 2.04. The molecule has 0 aromatic heterocycles. The molecule has 0 radical (unpaired) electrons. The normalized spacial score (nSPS) is 21.1. The Morgan fingerprint density at radius 1 is 1.50 bits per heavy atom. The van der Waals surface area contributed by atoms with Gasteiger partial charge < -0.3 is 20.1 Å². The van der Waals surface area contributed by atoms with Crippen molar-refractivity contribution in [1.29, 1.82) is 0 Å². The summed E-state index contributed by atoms with van der Waals surface area (Å²) in [6.07, 6.45) is 1.29. The molecule has 1 aliphatic heterocycles. The molecule has 1 heterocycles. The van der Waals surface area contributed by atoms with Crippen molar-refractivity contribution in [2.24, 2.45) is 5.92 Å². The highest BCUT2D eigenvalue weighted by Crippen LogP contribution is 2.12. The minimum absolute atomic E-state index is 0.0594. The molecule has 0 aromatic carbocycles. The van der Waals surface area contributed by atoms with Crippen molar-refractivity contribution in [3.05, 3.63) is 0 Å². The highest BCUT2D eigenvalue weighted by Gasteiger charge is 2.29. The number of carbonyl (C=O) groups is 2. The summed E-state index contributed by atoms with van der Waals surface area (Å²) in [7, 11) is 1.62. The molecule has 6 nitrogen and oxygen atoms in total. The molecule has 0 aliphatic carbocycles. The van der Waals surface area contributed by atoms with Gasteiger partial charge in [0, 0.05) is 20.2 Å². The molecule has 1 unspecified atom stereocenters. The van der Waals surface area contributed by atoms with Crippen molar-refractivity contribution >= 4 is 12.0 Å². The van der Waals surface area contributed by atoms with Crippen LogP contribution in [-0.2, 0) is 9.53 Å². The van der Waals surface area contributed by atoms with E-state index in [0.29, 0.717) is 19.5 Å². The molecule has 1 fully saturated rings. The number of ether oxygens (including phenoxy) is 1. The first-order valence-corrected chi connectivity index (χ1v) is 6.25. The van der Waals surface area contributed by atoms with Crippen LogP contribution in [0.15, 0.2) is 0 Å². The number of carboxylic acids is 1. The van der Waals surface area contributed by atoms with Gasteiger partial charge in [0.05, 0.1) is 6.10 Å². The molecule has 1 aliphatic rings. The second-order valence-electron chi connectivity index (χ2n) is 5.06. The van der Waals surface area contributed by atoms with Crippen molar-refractivity contribution in [3.8, 4) is 0 Å². The lowest BCUT2D eigenvalue weighted by Crippen LogP contribution is -2.48. The fourth-order valence-corrected chi connectivity index (χ4v) is 2.04. The molecule has 0 saturated carbocycles. The number of nitrogens with one attached hydrogen (secondary N) is 1. The van der Waals surface area contributed by atoms with E-state index in [4.69, 9.17) is 9.84 Å². The Labute approximate surface area is 107 Å². The van der Waals surface area contributed by atoms with Gasteiger partial charge in [-0.1, -0.05) is 13.8 Å². The number of urea groups is 1. The quantitative estimate of drug-likeness (QED) is 0.768. The highest BCUT2D eigenvalue weighted by atomic mass is 16.5. The van der Waals surface area contributed by atoms with Crippen molar-refractivity contribution in [1.82, 2.24) is 10.2 Å². The maximum Gasteiger partial charge on any atom is 0.326 e. The number of amides is 2. The number of hydrogen-bond acceptors (Lipinski definition) is 3. The molecule has 104 valence electrons. The maximum absolute atomic E-state index is 11.9. The minimum atomic E-state index is -0.987. The van der Waals surface area contributed by atoms with Crippen LogP contribution in [0.1, 0.15) is 26.7 Å². The van der Waals surface area contributed by atoms with Gasteiger partial charge in [-0.2, -0.15) is 0 Å². The van der Waals surface area contributed by atoms with E-state index in [2.05, 4.69) is 5.32 Å². The van der Waals surface area contributed by atoms with E-state index in [0.717, 1.165) is 6.42 Å². The topological polar surface area (TPSA) is 78.9 Å². The van der Waals surface area contributed by atoms with Gasteiger partial charge in [0.15, 0.2) is 0 Å². The first-order valence-electron chi connectivity index (χ1n) is 6.25. The van der Waals surface area contributed by atoms with Crippen LogP contribution in [0.5, 0.6) is 0 Å². The molecule has 0 spiro atoms. The molecular formula is C12H22N2O4. The number of carboxylic acid groups (broad SMARTS) is 1. The first kappa shape index (κ1) is 14.8. The summed E-state index contributed by atoms with van der Waals surface area (Å²) in [5.41, 5.74) is 0. The van der Waals surface area contributed by atoms with Gasteiger partial charge in [-0.25, -0.2) is 9.59 Å². The second-order valence-corrected chi connectivity index (χ2v) is 5.06. The molecule has 1 saturated heterocycles. The summed E-state index contributed by atoms with van der Waals surface area (Å²) in [6.45, 7) is 4.99. The number of methoxy groups -OCH3 is 1. The number of rotatable bonds is 5. The lowest BCUT2D eigenvalue weighted by Gasteiger charge is -2.21. The highest BCUT2D eigenvalue weighted by molar-refractivity contribution is 5.82. The Morgan fingerprint density at radius 3 is 2.61 bits per heavy atom. The SMILES string of the molecule is COC1CCN(C(=O)N[C@@H](CC(C)C)C(=O)O)C1. The van der Waals surface area contributed by atoms with Gasteiger partial charge in [0.1, 0.15) is 6.04 Å². The van der Waals surface area contributed by atoms with Crippen LogP contribution in [-0.4, -0.2) is 54.4 Å². The van der Waals surface area contributed by atoms with E-state index < -0.39 is 12.0 Å². The zero-order valence-corrected chi connectivity index (χ0v) is 11.2. The number of likely N-dealkylation sites (tertiary alicyclic amines) is 1. The Balaban J connectivity index is 2.49. The van der Waals surface area contributed by atoms with E-state index in [1.165, 1.54) is 0 Å². The summed E-state index contributed by atoms with van der Waals surface area (Å²) < 4.78 is 5.17. The first-order chi connectivity index (χ1) is 8.43. The number of carbonyl (C=O) groups excluding carboxylic acids is 1. The zero-order valence-electron chi connectivity index (χ0n) is 11.2. The standard InChI is InChI=1S/C12H22N2O4/c1-8(2)6-10(11(15)16)13-12(17)14-5-4-9(7-14)18-3/h8-10H,4-7H2,1-3H3,(H,13,17)(H,15,16)/t9?,10-/m0/s1. The van der Waals surface area contributed by atoms with E-state index in [-0.39, 0.29) is 18.1 Å². The molecule has 2 amide bonds. The Kier molecular flexibility index (Phi) is 5.40. The molecule has 2 N–H and O–H groups in total. The third kappa shape index (κ3) is 4.18. The third-order valence-electron chi connectivity index (χ3n) is 3.07. The second kappa shape index (κ2) is 6.58. The lowest BCUT2D eigenvalue weighted by molar-refractivity contribution is -0.139. The summed E-state index contributed by atoms with van der Waals surface area (Å²) in [5, 5.41) is 11.6. The van der Waals surface area contributed by atoms with Crippen LogP contribution in [0.3, 0.4) is 0 Å². The third-order valence-corrected chi connectivity index (χ3v) is 3.07. The molecular weight excluding hydrogens is 236 g/mol. The number of aliphatic carboxylic acids is 1.